The van der Waals surface area contributed by atoms with Gasteiger partial charge < -0.3 is 9.52 Å². The van der Waals surface area contributed by atoms with Crippen molar-refractivity contribution in [1.29, 1.82) is 0 Å². The van der Waals surface area contributed by atoms with E-state index < -0.39 is 5.63 Å². The first-order valence-corrected chi connectivity index (χ1v) is 6.41. The number of rotatable bonds is 3. The van der Waals surface area contributed by atoms with Crippen molar-refractivity contribution in [1.82, 2.24) is 0 Å². The highest BCUT2D eigenvalue weighted by atomic mass is 16.4. The lowest BCUT2D eigenvalue weighted by molar-refractivity contribution is 0.404. The van der Waals surface area contributed by atoms with E-state index in [9.17, 15) is 9.90 Å². The Balaban J connectivity index is 2.64. The van der Waals surface area contributed by atoms with Gasteiger partial charge in [-0.15, -0.1) is 0 Å². The molecule has 0 aliphatic rings. The first-order chi connectivity index (χ1) is 9.00. The minimum absolute atomic E-state index is 0.258. The minimum Gasteiger partial charge on any atom is -0.502 e. The van der Waals surface area contributed by atoms with Crippen molar-refractivity contribution < 1.29 is 9.52 Å². The Hall–Kier alpha value is -2.03. The fraction of sp³-hybridized carbons (Fsp3) is 0.312. The van der Waals surface area contributed by atoms with Crippen LogP contribution in [0.4, 0.5) is 0 Å². The zero-order chi connectivity index (χ0) is 14.0. The van der Waals surface area contributed by atoms with Crippen LogP contribution in [0.15, 0.2) is 39.5 Å². The molecule has 0 aliphatic carbocycles. The monoisotopic (exact) mass is 258 g/mol. The van der Waals surface area contributed by atoms with Crippen LogP contribution >= 0.6 is 0 Å². The van der Waals surface area contributed by atoms with Gasteiger partial charge in [-0.05, 0) is 24.8 Å². The highest BCUT2D eigenvalue weighted by Crippen LogP contribution is 2.29. The molecule has 1 N–H and O–H groups in total. The highest BCUT2D eigenvalue weighted by molar-refractivity contribution is 5.63. The molecular formula is C16H18O3. The Labute approximate surface area is 112 Å². The summed E-state index contributed by atoms with van der Waals surface area (Å²) in [5.74, 6) is 0.639. The predicted octanol–water partition coefficient (Wildman–Crippen LogP) is 3.52. The summed E-state index contributed by atoms with van der Waals surface area (Å²) in [5.41, 5.74) is 1.70. The second-order valence-corrected chi connectivity index (χ2v) is 5.13. The van der Waals surface area contributed by atoms with Crippen molar-refractivity contribution in [3.63, 3.8) is 0 Å². The highest BCUT2D eigenvalue weighted by Gasteiger charge is 2.17. The summed E-state index contributed by atoms with van der Waals surface area (Å²) in [5, 5.41) is 9.89. The summed E-state index contributed by atoms with van der Waals surface area (Å²) < 4.78 is 5.24. The van der Waals surface area contributed by atoms with Gasteiger partial charge in [0.05, 0.1) is 0 Å². The van der Waals surface area contributed by atoms with Crippen LogP contribution in [0.5, 0.6) is 5.75 Å². The van der Waals surface area contributed by atoms with Crippen molar-refractivity contribution in [3.8, 4) is 17.1 Å². The Bertz CT molecular complexity index is 624. The van der Waals surface area contributed by atoms with Crippen LogP contribution in [0.25, 0.3) is 11.3 Å². The summed E-state index contributed by atoms with van der Waals surface area (Å²) in [6, 6.07) is 9.48. The molecule has 0 saturated carbocycles. The number of hydrogen-bond donors (Lipinski definition) is 1. The molecule has 1 aromatic carbocycles. The largest absolute Gasteiger partial charge is 0.502 e. The molecule has 3 nitrogen and oxygen atoms in total. The van der Waals surface area contributed by atoms with E-state index in [1.54, 1.807) is 0 Å². The van der Waals surface area contributed by atoms with Crippen molar-refractivity contribution in [3.05, 3.63) is 51.9 Å². The summed E-state index contributed by atoms with van der Waals surface area (Å²) in [4.78, 5) is 11.8. The van der Waals surface area contributed by atoms with Crippen molar-refractivity contribution >= 4 is 0 Å². The van der Waals surface area contributed by atoms with E-state index in [-0.39, 0.29) is 5.75 Å². The molecule has 2 rings (SSSR count). The maximum absolute atomic E-state index is 11.8. The Kier molecular flexibility index (Phi) is 3.74. The van der Waals surface area contributed by atoms with E-state index in [4.69, 9.17) is 4.42 Å². The van der Waals surface area contributed by atoms with Gasteiger partial charge in [0.15, 0.2) is 0 Å². The first kappa shape index (κ1) is 13.4. The lowest BCUT2D eigenvalue weighted by atomic mass is 9.96. The zero-order valence-corrected chi connectivity index (χ0v) is 11.4. The minimum atomic E-state index is -0.667. The summed E-state index contributed by atoms with van der Waals surface area (Å²) in [7, 11) is 0. The zero-order valence-electron chi connectivity index (χ0n) is 11.4. The number of benzene rings is 1. The second-order valence-electron chi connectivity index (χ2n) is 5.13. The molecule has 0 unspecified atom stereocenters. The van der Waals surface area contributed by atoms with Crippen LogP contribution < -0.4 is 5.63 Å². The van der Waals surface area contributed by atoms with Crippen molar-refractivity contribution in [2.75, 3.05) is 0 Å². The van der Waals surface area contributed by atoms with Crippen LogP contribution in [0, 0.1) is 12.8 Å². The third-order valence-electron chi connectivity index (χ3n) is 3.12. The van der Waals surface area contributed by atoms with Gasteiger partial charge in [-0.3, -0.25) is 0 Å². The SMILES string of the molecule is Cc1c(-c2ccccc2)oc(=O)c(O)c1CC(C)C. The van der Waals surface area contributed by atoms with E-state index in [2.05, 4.69) is 13.8 Å². The fourth-order valence-electron chi connectivity index (χ4n) is 2.18. The predicted molar refractivity (Wildman–Crippen MR) is 75.4 cm³/mol. The smallest absolute Gasteiger partial charge is 0.379 e. The van der Waals surface area contributed by atoms with Gasteiger partial charge in [0.25, 0.3) is 0 Å². The van der Waals surface area contributed by atoms with E-state index in [1.807, 2.05) is 37.3 Å². The van der Waals surface area contributed by atoms with Gasteiger partial charge in [-0.1, -0.05) is 44.2 Å². The third kappa shape index (κ3) is 2.70. The molecule has 0 fully saturated rings. The molecule has 100 valence electrons. The van der Waals surface area contributed by atoms with Crippen LogP contribution in [0.3, 0.4) is 0 Å². The Morgan fingerprint density at radius 3 is 2.42 bits per heavy atom. The van der Waals surface area contributed by atoms with Gasteiger partial charge in [0.2, 0.25) is 5.75 Å². The molecule has 0 radical (unpaired) electrons. The van der Waals surface area contributed by atoms with E-state index >= 15 is 0 Å². The second kappa shape index (κ2) is 5.31. The van der Waals surface area contributed by atoms with Gasteiger partial charge in [-0.25, -0.2) is 4.79 Å². The maximum atomic E-state index is 11.8. The van der Waals surface area contributed by atoms with Gasteiger partial charge in [-0.2, -0.15) is 0 Å². The quantitative estimate of drug-likeness (QED) is 0.916. The topological polar surface area (TPSA) is 50.4 Å². The average molecular weight is 258 g/mol. The lowest BCUT2D eigenvalue weighted by Gasteiger charge is -2.13. The molecular weight excluding hydrogens is 240 g/mol. The van der Waals surface area contributed by atoms with E-state index in [1.165, 1.54) is 0 Å². The lowest BCUT2D eigenvalue weighted by Crippen LogP contribution is -2.08. The summed E-state index contributed by atoms with van der Waals surface area (Å²) >= 11 is 0. The summed E-state index contributed by atoms with van der Waals surface area (Å²) in [6.45, 7) is 5.98. The Morgan fingerprint density at radius 1 is 1.21 bits per heavy atom. The molecule has 0 spiro atoms. The molecule has 3 heteroatoms. The molecule has 19 heavy (non-hydrogen) atoms. The van der Waals surface area contributed by atoms with Crippen LogP contribution in [-0.2, 0) is 6.42 Å². The molecule has 1 aromatic heterocycles. The number of hydrogen-bond acceptors (Lipinski definition) is 3. The first-order valence-electron chi connectivity index (χ1n) is 6.41. The molecule has 0 atom stereocenters. The normalized spacial score (nSPS) is 10.9. The maximum Gasteiger partial charge on any atom is 0.379 e. The number of aromatic hydroxyl groups is 1. The van der Waals surface area contributed by atoms with Gasteiger partial charge in [0, 0.05) is 11.1 Å². The average Bonchev–Trinajstić information content (AvgIpc) is 2.39. The van der Waals surface area contributed by atoms with Crippen LogP contribution in [0.1, 0.15) is 25.0 Å². The molecule has 0 amide bonds. The standard InChI is InChI=1S/C16H18O3/c1-10(2)9-13-11(3)15(19-16(18)14(13)17)12-7-5-4-6-8-12/h4-8,10,17H,9H2,1-3H3. The van der Waals surface area contributed by atoms with Crippen LogP contribution in [-0.4, -0.2) is 5.11 Å². The molecule has 1 heterocycles. The molecule has 0 bridgehead atoms. The molecule has 0 aliphatic heterocycles. The van der Waals surface area contributed by atoms with E-state index in [0.717, 1.165) is 11.1 Å². The van der Waals surface area contributed by atoms with Gasteiger partial charge in [0.1, 0.15) is 5.76 Å². The molecule has 0 saturated heterocycles. The Morgan fingerprint density at radius 2 is 1.84 bits per heavy atom. The summed E-state index contributed by atoms with van der Waals surface area (Å²) in [6.07, 6.45) is 0.656. The third-order valence-corrected chi connectivity index (χ3v) is 3.12. The van der Waals surface area contributed by atoms with Gasteiger partial charge >= 0.3 is 5.63 Å². The van der Waals surface area contributed by atoms with Crippen LogP contribution in [0.2, 0.25) is 0 Å². The van der Waals surface area contributed by atoms with Crippen molar-refractivity contribution in [2.45, 2.75) is 27.2 Å². The van der Waals surface area contributed by atoms with Crippen molar-refractivity contribution in [2.24, 2.45) is 5.92 Å². The fourth-order valence-corrected chi connectivity index (χ4v) is 2.18. The molecule has 2 aromatic rings. The van der Waals surface area contributed by atoms with E-state index in [0.29, 0.717) is 23.7 Å².